The SMILES string of the molecule is CC(C)CN1CCN(CC2CCC(CN)O2)CC1. The molecule has 2 aliphatic rings. The molecule has 2 fully saturated rings. The van der Waals surface area contributed by atoms with Crippen LogP contribution in [-0.2, 0) is 4.74 Å². The van der Waals surface area contributed by atoms with E-state index in [0.717, 1.165) is 18.9 Å². The lowest BCUT2D eigenvalue weighted by atomic mass is 10.1. The Labute approximate surface area is 111 Å². The lowest BCUT2D eigenvalue weighted by Gasteiger charge is -2.36. The van der Waals surface area contributed by atoms with Crippen LogP contribution >= 0.6 is 0 Å². The molecule has 0 aromatic heterocycles. The van der Waals surface area contributed by atoms with Crippen molar-refractivity contribution in [3.8, 4) is 0 Å². The normalized spacial score (nSPS) is 31.3. The summed E-state index contributed by atoms with van der Waals surface area (Å²) in [5.41, 5.74) is 5.65. The summed E-state index contributed by atoms with van der Waals surface area (Å²) < 4.78 is 5.92. The largest absolute Gasteiger partial charge is 0.372 e. The fourth-order valence-electron chi connectivity index (χ4n) is 3.05. The van der Waals surface area contributed by atoms with Crippen LogP contribution < -0.4 is 5.73 Å². The number of ether oxygens (including phenoxy) is 1. The van der Waals surface area contributed by atoms with Crippen molar-refractivity contribution in [2.45, 2.75) is 38.9 Å². The van der Waals surface area contributed by atoms with E-state index in [1.807, 2.05) is 0 Å². The third-order valence-corrected chi connectivity index (χ3v) is 4.01. The molecule has 0 bridgehead atoms. The minimum atomic E-state index is 0.317. The first-order chi connectivity index (χ1) is 8.67. The first-order valence-electron chi connectivity index (χ1n) is 7.47. The molecule has 0 amide bonds. The van der Waals surface area contributed by atoms with Gasteiger partial charge in [0.25, 0.3) is 0 Å². The Kier molecular flexibility index (Phi) is 5.42. The molecule has 2 heterocycles. The molecule has 0 spiro atoms. The average molecular weight is 255 g/mol. The van der Waals surface area contributed by atoms with E-state index in [2.05, 4.69) is 23.6 Å². The molecule has 0 aromatic rings. The van der Waals surface area contributed by atoms with Crippen LogP contribution in [0.3, 0.4) is 0 Å². The van der Waals surface area contributed by atoms with E-state index in [1.165, 1.54) is 39.1 Å². The summed E-state index contributed by atoms with van der Waals surface area (Å²) >= 11 is 0. The van der Waals surface area contributed by atoms with Crippen LogP contribution in [-0.4, -0.2) is 67.8 Å². The number of rotatable bonds is 5. The molecule has 2 saturated heterocycles. The molecule has 2 rings (SSSR count). The summed E-state index contributed by atoms with van der Waals surface area (Å²) in [7, 11) is 0. The number of piperazine rings is 1. The van der Waals surface area contributed by atoms with Gasteiger partial charge in [-0.3, -0.25) is 4.90 Å². The Bertz CT molecular complexity index is 239. The van der Waals surface area contributed by atoms with Gasteiger partial charge in [-0.05, 0) is 18.8 Å². The molecule has 2 N–H and O–H groups in total. The molecule has 2 atom stereocenters. The van der Waals surface area contributed by atoms with Gasteiger partial charge in [0.15, 0.2) is 0 Å². The number of nitrogens with two attached hydrogens (primary N) is 1. The average Bonchev–Trinajstić information content (AvgIpc) is 2.79. The second-order valence-corrected chi connectivity index (χ2v) is 6.19. The Balaban J connectivity index is 1.65. The highest BCUT2D eigenvalue weighted by Gasteiger charge is 2.27. The van der Waals surface area contributed by atoms with Crippen LogP contribution in [0, 0.1) is 5.92 Å². The fraction of sp³-hybridized carbons (Fsp3) is 1.00. The van der Waals surface area contributed by atoms with Gasteiger partial charge < -0.3 is 15.4 Å². The van der Waals surface area contributed by atoms with Crippen molar-refractivity contribution in [2.24, 2.45) is 11.7 Å². The van der Waals surface area contributed by atoms with Crippen LogP contribution in [0.25, 0.3) is 0 Å². The van der Waals surface area contributed by atoms with E-state index in [4.69, 9.17) is 10.5 Å². The van der Waals surface area contributed by atoms with E-state index in [1.54, 1.807) is 0 Å². The second kappa shape index (κ2) is 6.85. The number of nitrogens with zero attached hydrogens (tertiary/aromatic N) is 2. The van der Waals surface area contributed by atoms with Crippen molar-refractivity contribution in [1.82, 2.24) is 9.80 Å². The maximum Gasteiger partial charge on any atom is 0.0707 e. The maximum absolute atomic E-state index is 5.92. The molecule has 18 heavy (non-hydrogen) atoms. The van der Waals surface area contributed by atoms with Crippen LogP contribution in [0.4, 0.5) is 0 Å². The summed E-state index contributed by atoms with van der Waals surface area (Å²) in [4.78, 5) is 5.14. The number of hydrogen-bond donors (Lipinski definition) is 1. The van der Waals surface area contributed by atoms with Gasteiger partial charge in [-0.15, -0.1) is 0 Å². The highest BCUT2D eigenvalue weighted by atomic mass is 16.5. The van der Waals surface area contributed by atoms with Crippen molar-refractivity contribution >= 4 is 0 Å². The summed E-state index contributed by atoms with van der Waals surface area (Å²) in [6, 6.07) is 0. The van der Waals surface area contributed by atoms with Gasteiger partial charge in [0.05, 0.1) is 12.2 Å². The van der Waals surface area contributed by atoms with Gasteiger partial charge in [0, 0.05) is 45.8 Å². The minimum Gasteiger partial charge on any atom is -0.372 e. The quantitative estimate of drug-likeness (QED) is 0.788. The Morgan fingerprint density at radius 3 is 2.22 bits per heavy atom. The fourth-order valence-corrected chi connectivity index (χ4v) is 3.05. The Morgan fingerprint density at radius 2 is 1.67 bits per heavy atom. The second-order valence-electron chi connectivity index (χ2n) is 6.19. The van der Waals surface area contributed by atoms with Gasteiger partial charge in [-0.1, -0.05) is 13.8 Å². The molecular formula is C14H29N3O. The zero-order valence-corrected chi connectivity index (χ0v) is 12.0. The molecule has 2 unspecified atom stereocenters. The van der Waals surface area contributed by atoms with E-state index < -0.39 is 0 Å². The molecular weight excluding hydrogens is 226 g/mol. The molecule has 0 aliphatic carbocycles. The van der Waals surface area contributed by atoms with Gasteiger partial charge in [-0.2, -0.15) is 0 Å². The van der Waals surface area contributed by atoms with Crippen molar-refractivity contribution in [3.63, 3.8) is 0 Å². The lowest BCUT2D eigenvalue weighted by molar-refractivity contribution is 0.0147. The summed E-state index contributed by atoms with van der Waals surface area (Å²) in [5.74, 6) is 0.778. The predicted octanol–water partition coefficient (Wildman–Crippen LogP) is 0.766. The van der Waals surface area contributed by atoms with E-state index in [-0.39, 0.29) is 0 Å². The van der Waals surface area contributed by atoms with Crippen LogP contribution in [0.2, 0.25) is 0 Å². The molecule has 0 saturated carbocycles. The highest BCUT2D eigenvalue weighted by Crippen LogP contribution is 2.20. The van der Waals surface area contributed by atoms with Gasteiger partial charge in [-0.25, -0.2) is 0 Å². The summed E-state index contributed by atoms with van der Waals surface area (Å²) in [5, 5.41) is 0. The first-order valence-corrected chi connectivity index (χ1v) is 7.47. The van der Waals surface area contributed by atoms with Crippen molar-refractivity contribution < 1.29 is 4.74 Å². The first kappa shape index (κ1) is 14.3. The number of hydrogen-bond acceptors (Lipinski definition) is 4. The molecule has 0 aromatic carbocycles. The molecule has 4 heteroatoms. The van der Waals surface area contributed by atoms with E-state index >= 15 is 0 Å². The van der Waals surface area contributed by atoms with Crippen molar-refractivity contribution in [2.75, 3.05) is 45.8 Å². The van der Waals surface area contributed by atoms with Gasteiger partial charge in [0.2, 0.25) is 0 Å². The van der Waals surface area contributed by atoms with E-state index in [0.29, 0.717) is 18.8 Å². The zero-order chi connectivity index (χ0) is 13.0. The summed E-state index contributed by atoms with van der Waals surface area (Å²) in [6.07, 6.45) is 3.08. The molecule has 0 radical (unpaired) electrons. The Morgan fingerprint density at radius 1 is 1.06 bits per heavy atom. The van der Waals surface area contributed by atoms with Crippen molar-refractivity contribution in [3.05, 3.63) is 0 Å². The third-order valence-electron chi connectivity index (χ3n) is 4.01. The topological polar surface area (TPSA) is 41.7 Å². The minimum absolute atomic E-state index is 0.317. The van der Waals surface area contributed by atoms with Crippen molar-refractivity contribution in [1.29, 1.82) is 0 Å². The molecule has 106 valence electrons. The van der Waals surface area contributed by atoms with Gasteiger partial charge in [0.1, 0.15) is 0 Å². The van der Waals surface area contributed by atoms with Crippen LogP contribution in [0.5, 0.6) is 0 Å². The predicted molar refractivity (Wildman–Crippen MR) is 74.7 cm³/mol. The molecule has 4 nitrogen and oxygen atoms in total. The third kappa shape index (κ3) is 4.19. The summed E-state index contributed by atoms with van der Waals surface area (Å²) in [6.45, 7) is 12.4. The standard InChI is InChI=1S/C14H29N3O/c1-12(2)10-16-5-7-17(8-6-16)11-14-4-3-13(9-15)18-14/h12-14H,3-11,15H2,1-2H3. The zero-order valence-electron chi connectivity index (χ0n) is 12.0. The van der Waals surface area contributed by atoms with Crippen LogP contribution in [0.1, 0.15) is 26.7 Å². The van der Waals surface area contributed by atoms with E-state index in [9.17, 15) is 0 Å². The maximum atomic E-state index is 5.92. The Hall–Kier alpha value is -0.160. The van der Waals surface area contributed by atoms with Crippen LogP contribution in [0.15, 0.2) is 0 Å². The monoisotopic (exact) mass is 255 g/mol. The lowest BCUT2D eigenvalue weighted by Crippen LogP contribution is -2.49. The highest BCUT2D eigenvalue weighted by molar-refractivity contribution is 4.80. The van der Waals surface area contributed by atoms with Gasteiger partial charge >= 0.3 is 0 Å². The smallest absolute Gasteiger partial charge is 0.0707 e. The molecule has 2 aliphatic heterocycles.